The lowest BCUT2D eigenvalue weighted by molar-refractivity contribution is -0.138. The number of methoxy groups -OCH3 is 1. The number of piperazine rings is 1. The SMILES string of the molecule is COc1ccc(C(C)=O)c(OC(C)C(=O)N2CCN(c3ccccc3)CC2)c1. The van der Waals surface area contributed by atoms with Crippen LogP contribution in [0.15, 0.2) is 48.5 Å². The van der Waals surface area contributed by atoms with E-state index in [0.717, 1.165) is 13.1 Å². The lowest BCUT2D eigenvalue weighted by Crippen LogP contribution is -2.52. The van der Waals surface area contributed by atoms with Crippen molar-refractivity contribution in [2.24, 2.45) is 0 Å². The smallest absolute Gasteiger partial charge is 0.263 e. The molecule has 1 atom stereocenters. The maximum absolute atomic E-state index is 12.8. The number of Topliss-reactive ketones (excluding diaryl/α,β-unsaturated/α-hetero) is 1. The van der Waals surface area contributed by atoms with Crippen LogP contribution in [-0.2, 0) is 4.79 Å². The molecule has 0 aromatic heterocycles. The first-order chi connectivity index (χ1) is 13.5. The van der Waals surface area contributed by atoms with Gasteiger partial charge in [0.05, 0.1) is 12.7 Å². The Labute approximate surface area is 165 Å². The molecule has 1 aliphatic rings. The molecule has 1 heterocycles. The lowest BCUT2D eigenvalue weighted by Gasteiger charge is -2.37. The first-order valence-corrected chi connectivity index (χ1v) is 9.44. The molecule has 1 amide bonds. The fourth-order valence-corrected chi connectivity index (χ4v) is 3.34. The van der Waals surface area contributed by atoms with E-state index in [2.05, 4.69) is 17.0 Å². The second kappa shape index (κ2) is 8.78. The molecule has 6 heteroatoms. The number of rotatable bonds is 6. The van der Waals surface area contributed by atoms with E-state index < -0.39 is 6.10 Å². The van der Waals surface area contributed by atoms with Crippen LogP contribution in [0.3, 0.4) is 0 Å². The van der Waals surface area contributed by atoms with Crippen LogP contribution in [0.25, 0.3) is 0 Å². The van der Waals surface area contributed by atoms with Gasteiger partial charge in [0.1, 0.15) is 11.5 Å². The largest absolute Gasteiger partial charge is 0.497 e. The Morgan fingerprint density at radius 3 is 2.29 bits per heavy atom. The molecule has 28 heavy (non-hydrogen) atoms. The molecule has 1 unspecified atom stereocenters. The normalized spacial score (nSPS) is 15.1. The summed E-state index contributed by atoms with van der Waals surface area (Å²) in [4.78, 5) is 28.8. The molecule has 0 saturated carbocycles. The molecule has 1 aliphatic heterocycles. The molecule has 3 rings (SSSR count). The van der Waals surface area contributed by atoms with Crippen LogP contribution in [0.5, 0.6) is 11.5 Å². The average molecular weight is 382 g/mol. The molecular formula is C22H26N2O4. The fourth-order valence-electron chi connectivity index (χ4n) is 3.34. The molecule has 0 N–H and O–H groups in total. The van der Waals surface area contributed by atoms with Gasteiger partial charge >= 0.3 is 0 Å². The Morgan fingerprint density at radius 1 is 1.00 bits per heavy atom. The number of ketones is 1. The van der Waals surface area contributed by atoms with E-state index in [9.17, 15) is 9.59 Å². The van der Waals surface area contributed by atoms with Crippen molar-refractivity contribution in [3.8, 4) is 11.5 Å². The van der Waals surface area contributed by atoms with Gasteiger partial charge in [-0.05, 0) is 38.1 Å². The molecule has 0 spiro atoms. The van der Waals surface area contributed by atoms with Gasteiger partial charge in [-0.15, -0.1) is 0 Å². The van der Waals surface area contributed by atoms with Crippen molar-refractivity contribution in [1.82, 2.24) is 4.90 Å². The molecule has 148 valence electrons. The standard InChI is InChI=1S/C22H26N2O4/c1-16(25)20-10-9-19(27-3)15-21(20)28-17(2)22(26)24-13-11-23(12-14-24)18-7-5-4-6-8-18/h4-10,15,17H,11-14H2,1-3H3. The van der Waals surface area contributed by atoms with Gasteiger partial charge in [-0.2, -0.15) is 0 Å². The van der Waals surface area contributed by atoms with Crippen LogP contribution in [0.1, 0.15) is 24.2 Å². The van der Waals surface area contributed by atoms with Crippen molar-refractivity contribution in [1.29, 1.82) is 0 Å². The summed E-state index contributed by atoms with van der Waals surface area (Å²) in [6, 6.07) is 15.2. The molecule has 2 aromatic carbocycles. The predicted octanol–water partition coefficient (Wildman–Crippen LogP) is 3.01. The van der Waals surface area contributed by atoms with Crippen LogP contribution < -0.4 is 14.4 Å². The zero-order valence-corrected chi connectivity index (χ0v) is 16.6. The Bertz CT molecular complexity index is 830. The van der Waals surface area contributed by atoms with Crippen molar-refractivity contribution in [3.05, 3.63) is 54.1 Å². The number of amides is 1. The molecule has 0 aliphatic carbocycles. The van der Waals surface area contributed by atoms with Crippen LogP contribution in [0.4, 0.5) is 5.69 Å². The number of hydrogen-bond acceptors (Lipinski definition) is 5. The number of para-hydroxylation sites is 1. The van der Waals surface area contributed by atoms with Crippen molar-refractivity contribution in [2.45, 2.75) is 20.0 Å². The van der Waals surface area contributed by atoms with Crippen molar-refractivity contribution < 1.29 is 19.1 Å². The predicted molar refractivity (Wildman–Crippen MR) is 108 cm³/mol. The van der Waals surface area contributed by atoms with Crippen LogP contribution in [0, 0.1) is 0 Å². The summed E-state index contributed by atoms with van der Waals surface area (Å²) in [5, 5.41) is 0. The summed E-state index contributed by atoms with van der Waals surface area (Å²) in [5.41, 5.74) is 1.61. The third-order valence-corrected chi connectivity index (χ3v) is 4.93. The van der Waals surface area contributed by atoms with E-state index in [1.54, 1.807) is 32.2 Å². The summed E-state index contributed by atoms with van der Waals surface area (Å²) < 4.78 is 11.1. The minimum atomic E-state index is -0.687. The van der Waals surface area contributed by atoms with Gasteiger partial charge < -0.3 is 19.3 Å². The fraction of sp³-hybridized carbons (Fsp3) is 0.364. The summed E-state index contributed by atoms with van der Waals surface area (Å²) in [6.45, 7) is 6.03. The molecule has 1 fully saturated rings. The minimum Gasteiger partial charge on any atom is -0.497 e. The number of benzene rings is 2. The highest BCUT2D eigenvalue weighted by molar-refractivity contribution is 5.97. The maximum Gasteiger partial charge on any atom is 0.263 e. The lowest BCUT2D eigenvalue weighted by atomic mass is 10.1. The monoisotopic (exact) mass is 382 g/mol. The highest BCUT2D eigenvalue weighted by atomic mass is 16.5. The number of hydrogen-bond donors (Lipinski definition) is 0. The van der Waals surface area contributed by atoms with E-state index in [0.29, 0.717) is 30.2 Å². The number of anilines is 1. The van der Waals surface area contributed by atoms with Gasteiger partial charge in [0.25, 0.3) is 5.91 Å². The summed E-state index contributed by atoms with van der Waals surface area (Å²) in [6.07, 6.45) is -0.687. The number of carbonyl (C=O) groups excluding carboxylic acids is 2. The minimum absolute atomic E-state index is 0.0787. The molecule has 1 saturated heterocycles. The zero-order valence-electron chi connectivity index (χ0n) is 16.6. The highest BCUT2D eigenvalue weighted by Crippen LogP contribution is 2.27. The van der Waals surface area contributed by atoms with Gasteiger partial charge in [-0.25, -0.2) is 0 Å². The van der Waals surface area contributed by atoms with Crippen LogP contribution in [0.2, 0.25) is 0 Å². The maximum atomic E-state index is 12.8. The van der Waals surface area contributed by atoms with E-state index in [4.69, 9.17) is 9.47 Å². The average Bonchev–Trinajstić information content (AvgIpc) is 2.73. The molecular weight excluding hydrogens is 356 g/mol. The highest BCUT2D eigenvalue weighted by Gasteiger charge is 2.27. The molecule has 0 radical (unpaired) electrons. The molecule has 2 aromatic rings. The Balaban J connectivity index is 1.63. The van der Waals surface area contributed by atoms with Gasteiger partial charge in [-0.3, -0.25) is 9.59 Å². The number of carbonyl (C=O) groups is 2. The third kappa shape index (κ3) is 4.44. The Kier molecular flexibility index (Phi) is 6.19. The second-order valence-corrected chi connectivity index (χ2v) is 6.83. The van der Waals surface area contributed by atoms with E-state index >= 15 is 0 Å². The summed E-state index contributed by atoms with van der Waals surface area (Å²) >= 11 is 0. The number of ether oxygens (including phenoxy) is 2. The van der Waals surface area contributed by atoms with Crippen LogP contribution in [-0.4, -0.2) is 56.0 Å². The van der Waals surface area contributed by atoms with Gasteiger partial charge in [0.15, 0.2) is 11.9 Å². The topological polar surface area (TPSA) is 59.1 Å². The summed E-state index contributed by atoms with van der Waals surface area (Å²) in [5.74, 6) is 0.755. The molecule has 0 bridgehead atoms. The van der Waals surface area contributed by atoms with Crippen molar-refractivity contribution in [2.75, 3.05) is 38.2 Å². The zero-order chi connectivity index (χ0) is 20.1. The Morgan fingerprint density at radius 2 is 1.68 bits per heavy atom. The summed E-state index contributed by atoms with van der Waals surface area (Å²) in [7, 11) is 1.55. The van der Waals surface area contributed by atoms with E-state index in [1.165, 1.54) is 12.6 Å². The van der Waals surface area contributed by atoms with Crippen molar-refractivity contribution in [3.63, 3.8) is 0 Å². The molecule has 6 nitrogen and oxygen atoms in total. The first-order valence-electron chi connectivity index (χ1n) is 9.44. The quantitative estimate of drug-likeness (QED) is 0.719. The van der Waals surface area contributed by atoms with E-state index in [-0.39, 0.29) is 11.7 Å². The third-order valence-electron chi connectivity index (χ3n) is 4.93. The first kappa shape index (κ1) is 19.7. The van der Waals surface area contributed by atoms with Crippen molar-refractivity contribution >= 4 is 17.4 Å². The van der Waals surface area contributed by atoms with Gasteiger partial charge in [0.2, 0.25) is 0 Å². The van der Waals surface area contributed by atoms with Gasteiger partial charge in [0, 0.05) is 37.9 Å². The van der Waals surface area contributed by atoms with E-state index in [1.807, 2.05) is 23.1 Å². The number of nitrogens with zero attached hydrogens (tertiary/aromatic N) is 2. The second-order valence-electron chi connectivity index (χ2n) is 6.83. The Hall–Kier alpha value is -3.02. The van der Waals surface area contributed by atoms with Crippen LogP contribution >= 0.6 is 0 Å². The van der Waals surface area contributed by atoms with Gasteiger partial charge in [-0.1, -0.05) is 18.2 Å².